The highest BCUT2D eigenvalue weighted by Gasteiger charge is 2.28. The molecule has 0 aliphatic carbocycles. The van der Waals surface area contributed by atoms with Crippen molar-refractivity contribution < 1.29 is 9.59 Å². The fraction of sp³-hybridized carbons (Fsp3) is 0.440. The van der Waals surface area contributed by atoms with Crippen LogP contribution in [0.2, 0.25) is 0 Å². The van der Waals surface area contributed by atoms with E-state index in [1.165, 1.54) is 24.9 Å². The predicted molar refractivity (Wildman–Crippen MR) is 121 cm³/mol. The topological polar surface area (TPSA) is 52.7 Å². The van der Waals surface area contributed by atoms with Crippen LogP contribution in [0.25, 0.3) is 0 Å². The number of carbonyl (C=O) groups is 2. The summed E-state index contributed by atoms with van der Waals surface area (Å²) >= 11 is 0. The average Bonchev–Trinajstić information content (AvgIpc) is 2.80. The van der Waals surface area contributed by atoms with E-state index < -0.39 is 0 Å². The number of piperidine rings is 2. The first-order chi connectivity index (χ1) is 14.6. The van der Waals surface area contributed by atoms with E-state index >= 15 is 0 Å². The number of hydrogen-bond donors (Lipinski definition) is 1. The standard InChI is InChI=1S/C25H31N3O2/c1-19-7-3-4-8-23(19)25(30)28-17-13-20(14-18-28)24(29)26-21-9-11-22(12-10-21)27-15-5-2-6-16-27/h3-4,7-12,20H,2,5-6,13-18H2,1H3,(H,26,29). The Bertz CT molecular complexity index is 880. The molecule has 0 spiro atoms. The molecule has 158 valence electrons. The van der Waals surface area contributed by atoms with Crippen molar-refractivity contribution in [3.63, 3.8) is 0 Å². The number of carbonyl (C=O) groups excluding carboxylic acids is 2. The highest BCUT2D eigenvalue weighted by atomic mass is 16.2. The Balaban J connectivity index is 1.29. The smallest absolute Gasteiger partial charge is 0.254 e. The maximum atomic E-state index is 12.8. The van der Waals surface area contributed by atoms with Crippen LogP contribution in [0.4, 0.5) is 11.4 Å². The Labute approximate surface area is 179 Å². The predicted octanol–water partition coefficient (Wildman–Crippen LogP) is 4.48. The summed E-state index contributed by atoms with van der Waals surface area (Å²) in [5.41, 5.74) is 3.83. The van der Waals surface area contributed by atoms with Crippen molar-refractivity contribution in [3.05, 3.63) is 59.7 Å². The molecule has 2 heterocycles. The molecule has 0 bridgehead atoms. The van der Waals surface area contributed by atoms with Gasteiger partial charge in [0.2, 0.25) is 5.91 Å². The maximum absolute atomic E-state index is 12.8. The first-order valence-corrected chi connectivity index (χ1v) is 11.1. The van der Waals surface area contributed by atoms with Gasteiger partial charge >= 0.3 is 0 Å². The minimum atomic E-state index is -0.0484. The molecular formula is C25H31N3O2. The van der Waals surface area contributed by atoms with Crippen molar-refractivity contribution in [2.24, 2.45) is 5.92 Å². The van der Waals surface area contributed by atoms with Crippen molar-refractivity contribution in [1.82, 2.24) is 4.90 Å². The molecule has 0 aromatic heterocycles. The third kappa shape index (κ3) is 4.66. The van der Waals surface area contributed by atoms with Gasteiger partial charge in [-0.25, -0.2) is 0 Å². The van der Waals surface area contributed by atoms with Crippen LogP contribution >= 0.6 is 0 Å². The molecule has 0 atom stereocenters. The minimum absolute atomic E-state index is 0.0484. The number of amides is 2. The van der Waals surface area contributed by atoms with Crippen LogP contribution in [-0.2, 0) is 4.79 Å². The summed E-state index contributed by atoms with van der Waals surface area (Å²) < 4.78 is 0. The number of likely N-dealkylation sites (tertiary alicyclic amines) is 1. The number of hydrogen-bond acceptors (Lipinski definition) is 3. The van der Waals surface area contributed by atoms with Crippen LogP contribution in [0.1, 0.15) is 48.0 Å². The monoisotopic (exact) mass is 405 g/mol. The van der Waals surface area contributed by atoms with Gasteiger partial charge in [-0.3, -0.25) is 9.59 Å². The average molecular weight is 406 g/mol. The van der Waals surface area contributed by atoms with E-state index in [1.54, 1.807) is 0 Å². The highest BCUT2D eigenvalue weighted by Crippen LogP contribution is 2.24. The fourth-order valence-electron chi connectivity index (χ4n) is 4.48. The number of rotatable bonds is 4. The summed E-state index contributed by atoms with van der Waals surface area (Å²) in [6.07, 6.45) is 5.23. The first-order valence-electron chi connectivity index (χ1n) is 11.1. The van der Waals surface area contributed by atoms with Gasteiger partial charge in [0, 0.05) is 49.0 Å². The van der Waals surface area contributed by atoms with E-state index in [-0.39, 0.29) is 17.7 Å². The van der Waals surface area contributed by atoms with Crippen LogP contribution in [0.5, 0.6) is 0 Å². The van der Waals surface area contributed by atoms with Crippen LogP contribution in [-0.4, -0.2) is 42.9 Å². The van der Waals surface area contributed by atoms with Crippen molar-refractivity contribution in [3.8, 4) is 0 Å². The Morgan fingerprint density at radius 3 is 2.20 bits per heavy atom. The molecule has 0 radical (unpaired) electrons. The van der Waals surface area contributed by atoms with Gasteiger partial charge in [0.1, 0.15) is 0 Å². The Morgan fingerprint density at radius 1 is 0.867 bits per heavy atom. The third-order valence-electron chi connectivity index (χ3n) is 6.38. The number of nitrogens with one attached hydrogen (secondary N) is 1. The molecule has 2 aromatic carbocycles. The van der Waals surface area contributed by atoms with Crippen LogP contribution in [0, 0.1) is 12.8 Å². The lowest BCUT2D eigenvalue weighted by atomic mass is 9.95. The molecule has 2 aliphatic rings. The first kappa shape index (κ1) is 20.5. The van der Waals surface area contributed by atoms with Gasteiger partial charge in [-0.15, -0.1) is 0 Å². The third-order valence-corrected chi connectivity index (χ3v) is 6.38. The molecule has 4 rings (SSSR count). The quantitative estimate of drug-likeness (QED) is 0.816. The number of benzene rings is 2. The molecule has 0 unspecified atom stereocenters. The van der Waals surface area contributed by atoms with Crippen molar-refractivity contribution in [2.45, 2.75) is 39.0 Å². The van der Waals surface area contributed by atoms with Gasteiger partial charge in [0.15, 0.2) is 0 Å². The summed E-state index contributed by atoms with van der Waals surface area (Å²) in [6.45, 7) is 5.44. The van der Waals surface area contributed by atoms with Gasteiger partial charge in [0.05, 0.1) is 0 Å². The lowest BCUT2D eigenvalue weighted by molar-refractivity contribution is -0.121. The largest absolute Gasteiger partial charge is 0.372 e. The summed E-state index contributed by atoms with van der Waals surface area (Å²) in [6, 6.07) is 15.9. The lowest BCUT2D eigenvalue weighted by Crippen LogP contribution is -2.41. The van der Waals surface area contributed by atoms with E-state index in [1.807, 2.05) is 48.2 Å². The van der Waals surface area contributed by atoms with Crippen LogP contribution < -0.4 is 10.2 Å². The zero-order chi connectivity index (χ0) is 20.9. The lowest BCUT2D eigenvalue weighted by Gasteiger charge is -2.32. The van der Waals surface area contributed by atoms with Crippen molar-refractivity contribution in [1.29, 1.82) is 0 Å². The maximum Gasteiger partial charge on any atom is 0.254 e. The van der Waals surface area contributed by atoms with E-state index in [4.69, 9.17) is 0 Å². The molecule has 2 saturated heterocycles. The van der Waals surface area contributed by atoms with E-state index in [9.17, 15) is 9.59 Å². The van der Waals surface area contributed by atoms with Crippen molar-refractivity contribution >= 4 is 23.2 Å². The normalized spacial score (nSPS) is 17.6. The number of aryl methyl sites for hydroxylation is 1. The highest BCUT2D eigenvalue weighted by molar-refractivity contribution is 5.96. The summed E-state index contributed by atoms with van der Waals surface area (Å²) in [7, 11) is 0. The summed E-state index contributed by atoms with van der Waals surface area (Å²) in [5.74, 6) is 0.0802. The molecule has 30 heavy (non-hydrogen) atoms. The molecular weight excluding hydrogens is 374 g/mol. The zero-order valence-electron chi connectivity index (χ0n) is 17.8. The van der Waals surface area contributed by atoms with E-state index in [0.717, 1.165) is 29.9 Å². The SMILES string of the molecule is Cc1ccccc1C(=O)N1CCC(C(=O)Nc2ccc(N3CCCCC3)cc2)CC1. The summed E-state index contributed by atoms with van der Waals surface area (Å²) in [4.78, 5) is 29.8. The second kappa shape index (κ2) is 9.33. The van der Waals surface area contributed by atoms with Gasteiger partial charge in [-0.1, -0.05) is 18.2 Å². The molecule has 2 aromatic rings. The molecule has 2 fully saturated rings. The fourth-order valence-corrected chi connectivity index (χ4v) is 4.48. The molecule has 2 aliphatic heterocycles. The van der Waals surface area contributed by atoms with Crippen LogP contribution in [0.3, 0.4) is 0 Å². The van der Waals surface area contributed by atoms with Crippen LogP contribution in [0.15, 0.2) is 48.5 Å². The zero-order valence-corrected chi connectivity index (χ0v) is 17.8. The summed E-state index contributed by atoms with van der Waals surface area (Å²) in [5, 5.41) is 3.07. The molecule has 1 N–H and O–H groups in total. The van der Waals surface area contributed by atoms with Gasteiger partial charge in [0.25, 0.3) is 5.91 Å². The number of nitrogens with zero attached hydrogens (tertiary/aromatic N) is 2. The van der Waals surface area contributed by atoms with Gasteiger partial charge < -0.3 is 15.1 Å². The van der Waals surface area contributed by atoms with E-state index in [0.29, 0.717) is 25.9 Å². The molecule has 5 heteroatoms. The Morgan fingerprint density at radius 2 is 1.53 bits per heavy atom. The molecule has 5 nitrogen and oxygen atoms in total. The Hall–Kier alpha value is -2.82. The van der Waals surface area contributed by atoms with Gasteiger partial charge in [-0.05, 0) is 74.9 Å². The number of anilines is 2. The Kier molecular flexibility index (Phi) is 6.36. The second-order valence-electron chi connectivity index (χ2n) is 8.47. The van der Waals surface area contributed by atoms with Crippen molar-refractivity contribution in [2.75, 3.05) is 36.4 Å². The molecule has 2 amide bonds. The minimum Gasteiger partial charge on any atom is -0.372 e. The second-order valence-corrected chi connectivity index (χ2v) is 8.47. The van der Waals surface area contributed by atoms with E-state index in [2.05, 4.69) is 22.3 Å². The van der Waals surface area contributed by atoms with Gasteiger partial charge in [-0.2, -0.15) is 0 Å². The molecule has 0 saturated carbocycles.